The Hall–Kier alpha value is -0.850. The van der Waals surface area contributed by atoms with Gasteiger partial charge in [-0.25, -0.2) is 9.68 Å². The van der Waals surface area contributed by atoms with Gasteiger partial charge in [0, 0.05) is 20.0 Å². The Morgan fingerprint density at radius 3 is 2.56 bits per heavy atom. The molecule has 0 amide bonds. The van der Waals surface area contributed by atoms with Crippen molar-refractivity contribution in [3.63, 3.8) is 0 Å². The van der Waals surface area contributed by atoms with Crippen LogP contribution in [0.1, 0.15) is 39.5 Å². The summed E-state index contributed by atoms with van der Waals surface area (Å²) in [5.41, 5.74) is 0. The second kappa shape index (κ2) is 8.32. The lowest BCUT2D eigenvalue weighted by molar-refractivity contribution is -0.414. The molecule has 0 rings (SSSR count). The zero-order valence-corrected chi connectivity index (χ0v) is 9.77. The van der Waals surface area contributed by atoms with Crippen LogP contribution in [0.5, 0.6) is 0 Å². The fraction of sp³-hybridized carbons (Fsp3) is 0.900. The van der Waals surface area contributed by atoms with Crippen LogP contribution in [0.15, 0.2) is 0 Å². The molecule has 0 bridgehead atoms. The first kappa shape index (κ1) is 15.2. The topological polar surface area (TPSA) is 85.2 Å². The summed E-state index contributed by atoms with van der Waals surface area (Å²) in [6.45, 7) is 3.79. The van der Waals surface area contributed by atoms with Gasteiger partial charge in [0.05, 0.1) is 6.61 Å². The lowest BCUT2D eigenvalue weighted by atomic mass is 10.2. The minimum atomic E-state index is -1.43. The number of carboxylic acid groups (broad SMARTS) is 1. The number of aliphatic hydroxyl groups is 1. The van der Waals surface area contributed by atoms with Gasteiger partial charge in [0.15, 0.2) is 0 Å². The molecule has 0 aromatic carbocycles. The van der Waals surface area contributed by atoms with Gasteiger partial charge in [-0.15, -0.1) is 0 Å². The number of hydrogen-bond acceptors (Lipinski definition) is 5. The van der Waals surface area contributed by atoms with Crippen LogP contribution < -0.4 is 0 Å². The summed E-state index contributed by atoms with van der Waals surface area (Å²) in [6, 6.07) is 0. The standard InChI is InChI=1S/C10H20O6/c1-3-4-8-14-16-10(2,6-5-7-11)15-9(12)13/h11H,3-8H2,1-2H3,(H,12,13). The molecule has 1 atom stereocenters. The Kier molecular flexibility index (Phi) is 7.88. The largest absolute Gasteiger partial charge is 0.508 e. The molecular formula is C10H20O6. The lowest BCUT2D eigenvalue weighted by Gasteiger charge is -2.26. The Bertz CT molecular complexity index is 196. The number of rotatable bonds is 9. The van der Waals surface area contributed by atoms with Gasteiger partial charge in [0.2, 0.25) is 5.79 Å². The Labute approximate surface area is 95.0 Å². The van der Waals surface area contributed by atoms with Crippen molar-refractivity contribution in [3.05, 3.63) is 0 Å². The molecule has 0 saturated heterocycles. The van der Waals surface area contributed by atoms with Gasteiger partial charge in [-0.2, -0.15) is 4.89 Å². The van der Waals surface area contributed by atoms with E-state index in [0.717, 1.165) is 12.8 Å². The van der Waals surface area contributed by atoms with Gasteiger partial charge in [-0.3, -0.25) is 0 Å². The highest BCUT2D eigenvalue weighted by atomic mass is 17.2. The molecule has 0 aliphatic carbocycles. The van der Waals surface area contributed by atoms with Crippen molar-refractivity contribution in [3.8, 4) is 0 Å². The van der Waals surface area contributed by atoms with Crippen molar-refractivity contribution in [2.45, 2.75) is 45.3 Å². The highest BCUT2D eigenvalue weighted by Gasteiger charge is 2.31. The summed E-state index contributed by atoms with van der Waals surface area (Å²) in [5.74, 6) is -1.36. The third kappa shape index (κ3) is 7.44. The maximum absolute atomic E-state index is 10.4. The van der Waals surface area contributed by atoms with E-state index in [2.05, 4.69) is 4.74 Å². The van der Waals surface area contributed by atoms with Crippen LogP contribution in [0.2, 0.25) is 0 Å². The fourth-order valence-electron chi connectivity index (χ4n) is 1.06. The van der Waals surface area contributed by atoms with E-state index in [9.17, 15) is 4.79 Å². The number of aliphatic hydroxyl groups excluding tert-OH is 1. The summed E-state index contributed by atoms with van der Waals surface area (Å²) in [5, 5.41) is 17.2. The first-order chi connectivity index (χ1) is 7.54. The predicted octanol–water partition coefficient (Wildman–Crippen LogP) is 1.92. The van der Waals surface area contributed by atoms with E-state index < -0.39 is 11.9 Å². The van der Waals surface area contributed by atoms with E-state index in [1.807, 2.05) is 6.92 Å². The zero-order chi connectivity index (χ0) is 12.4. The van der Waals surface area contributed by atoms with Crippen molar-refractivity contribution < 1.29 is 29.5 Å². The number of ether oxygens (including phenoxy) is 1. The molecule has 0 aliphatic heterocycles. The maximum atomic E-state index is 10.4. The van der Waals surface area contributed by atoms with Gasteiger partial charge in [-0.05, 0) is 12.8 Å². The molecule has 6 nitrogen and oxygen atoms in total. The molecule has 6 heteroatoms. The maximum Gasteiger partial charge on any atom is 0.508 e. The third-order valence-electron chi connectivity index (χ3n) is 1.91. The Morgan fingerprint density at radius 1 is 1.38 bits per heavy atom. The summed E-state index contributed by atoms with van der Waals surface area (Å²) < 4.78 is 4.58. The van der Waals surface area contributed by atoms with E-state index in [1.165, 1.54) is 6.92 Å². The Morgan fingerprint density at radius 2 is 2.06 bits per heavy atom. The van der Waals surface area contributed by atoms with Crippen LogP contribution in [0.3, 0.4) is 0 Å². The number of carbonyl (C=O) groups is 1. The summed E-state index contributed by atoms with van der Waals surface area (Å²) in [4.78, 5) is 20.2. The molecule has 16 heavy (non-hydrogen) atoms. The molecule has 0 spiro atoms. The van der Waals surface area contributed by atoms with E-state index in [4.69, 9.17) is 20.0 Å². The minimum absolute atomic E-state index is 0.0586. The molecule has 0 heterocycles. The number of unbranched alkanes of at least 4 members (excludes halogenated alkanes) is 1. The van der Waals surface area contributed by atoms with Crippen molar-refractivity contribution >= 4 is 6.16 Å². The van der Waals surface area contributed by atoms with E-state index in [0.29, 0.717) is 13.0 Å². The van der Waals surface area contributed by atoms with E-state index in [1.54, 1.807) is 0 Å². The summed E-state index contributed by atoms with van der Waals surface area (Å²) in [6.07, 6.45) is 0.960. The highest BCUT2D eigenvalue weighted by molar-refractivity contribution is 5.57. The van der Waals surface area contributed by atoms with Gasteiger partial charge < -0.3 is 14.9 Å². The van der Waals surface area contributed by atoms with Gasteiger partial charge in [0.25, 0.3) is 0 Å². The van der Waals surface area contributed by atoms with Crippen LogP contribution in [0.4, 0.5) is 4.79 Å². The molecule has 0 aliphatic rings. The molecular weight excluding hydrogens is 216 g/mol. The SMILES string of the molecule is CCCCOOC(C)(CCCO)OC(=O)O. The highest BCUT2D eigenvalue weighted by Crippen LogP contribution is 2.20. The predicted molar refractivity (Wildman–Crippen MR) is 55.8 cm³/mol. The van der Waals surface area contributed by atoms with Gasteiger partial charge in [-0.1, -0.05) is 13.3 Å². The average molecular weight is 236 g/mol. The second-order valence-corrected chi connectivity index (χ2v) is 3.59. The smallest absolute Gasteiger partial charge is 0.450 e. The van der Waals surface area contributed by atoms with Crippen LogP contribution in [0, 0.1) is 0 Å². The van der Waals surface area contributed by atoms with Gasteiger partial charge in [0.1, 0.15) is 0 Å². The molecule has 0 aromatic heterocycles. The monoisotopic (exact) mass is 236 g/mol. The summed E-state index contributed by atoms with van der Waals surface area (Å²) >= 11 is 0. The van der Waals surface area contributed by atoms with E-state index >= 15 is 0 Å². The molecule has 96 valence electrons. The van der Waals surface area contributed by atoms with Gasteiger partial charge >= 0.3 is 6.16 Å². The molecule has 0 aromatic rings. The molecule has 0 fully saturated rings. The van der Waals surface area contributed by atoms with Crippen LogP contribution >= 0.6 is 0 Å². The molecule has 2 N–H and O–H groups in total. The molecule has 1 unspecified atom stereocenters. The quantitative estimate of drug-likeness (QED) is 0.209. The zero-order valence-electron chi connectivity index (χ0n) is 9.77. The summed E-state index contributed by atoms with van der Waals surface area (Å²) in [7, 11) is 0. The van der Waals surface area contributed by atoms with Crippen LogP contribution in [-0.2, 0) is 14.5 Å². The average Bonchev–Trinajstić information content (AvgIpc) is 2.21. The first-order valence-electron chi connectivity index (χ1n) is 5.37. The minimum Gasteiger partial charge on any atom is -0.450 e. The number of hydrogen-bond donors (Lipinski definition) is 2. The van der Waals surface area contributed by atoms with Crippen molar-refractivity contribution in [1.82, 2.24) is 0 Å². The first-order valence-corrected chi connectivity index (χ1v) is 5.37. The van der Waals surface area contributed by atoms with E-state index in [-0.39, 0.29) is 13.0 Å². The fourth-order valence-corrected chi connectivity index (χ4v) is 1.06. The van der Waals surface area contributed by atoms with Crippen LogP contribution in [-0.4, -0.2) is 35.4 Å². The second-order valence-electron chi connectivity index (χ2n) is 3.59. The van der Waals surface area contributed by atoms with Crippen molar-refractivity contribution in [2.75, 3.05) is 13.2 Å². The lowest BCUT2D eigenvalue weighted by Crippen LogP contribution is -2.35. The molecule has 0 saturated carbocycles. The third-order valence-corrected chi connectivity index (χ3v) is 1.91. The Balaban J connectivity index is 4.02. The molecule has 0 radical (unpaired) electrons. The van der Waals surface area contributed by atoms with Crippen molar-refractivity contribution in [2.24, 2.45) is 0 Å². The normalized spacial score (nSPS) is 14.4. The van der Waals surface area contributed by atoms with Crippen LogP contribution in [0.25, 0.3) is 0 Å². The van der Waals surface area contributed by atoms with Crippen molar-refractivity contribution in [1.29, 1.82) is 0 Å².